The summed E-state index contributed by atoms with van der Waals surface area (Å²) in [5, 5.41) is 0. The van der Waals surface area contributed by atoms with E-state index in [0.717, 1.165) is 0 Å². The lowest BCUT2D eigenvalue weighted by atomic mass is 10.3. The Hall–Kier alpha value is -1.71. The van der Waals surface area contributed by atoms with Crippen molar-refractivity contribution in [3.05, 3.63) is 18.2 Å². The van der Waals surface area contributed by atoms with E-state index >= 15 is 0 Å². The van der Waals surface area contributed by atoms with Gasteiger partial charge in [-0.15, -0.1) is 6.42 Å². The first-order valence-electron chi connectivity index (χ1n) is 4.82. The highest BCUT2D eigenvalue weighted by Gasteiger charge is 2.19. The number of sulfonamides is 1. The molecule has 17 heavy (non-hydrogen) atoms. The molecule has 1 atom stereocenters. The SMILES string of the molecule is C#CC(C)NS(=O)(=O)c1ccc(OC)cc1N. The lowest BCUT2D eigenvalue weighted by Crippen LogP contribution is -2.31. The molecule has 0 aliphatic rings. The van der Waals surface area contributed by atoms with Crippen molar-refractivity contribution in [2.24, 2.45) is 0 Å². The van der Waals surface area contributed by atoms with Gasteiger partial charge in [0.25, 0.3) is 0 Å². The van der Waals surface area contributed by atoms with Gasteiger partial charge in [0.1, 0.15) is 10.6 Å². The second kappa shape index (κ2) is 5.08. The quantitative estimate of drug-likeness (QED) is 0.608. The molecule has 0 spiro atoms. The fraction of sp³-hybridized carbons (Fsp3) is 0.273. The maximum absolute atomic E-state index is 11.9. The topological polar surface area (TPSA) is 81.4 Å². The van der Waals surface area contributed by atoms with E-state index in [2.05, 4.69) is 10.6 Å². The van der Waals surface area contributed by atoms with Crippen LogP contribution in [0, 0.1) is 12.3 Å². The number of terminal acetylenes is 1. The maximum atomic E-state index is 11.9. The summed E-state index contributed by atoms with van der Waals surface area (Å²) in [5.74, 6) is 2.77. The van der Waals surface area contributed by atoms with Crippen LogP contribution in [0.15, 0.2) is 23.1 Å². The van der Waals surface area contributed by atoms with E-state index in [1.165, 1.54) is 25.3 Å². The first kappa shape index (κ1) is 13.4. The summed E-state index contributed by atoms with van der Waals surface area (Å²) in [5.41, 5.74) is 5.76. The van der Waals surface area contributed by atoms with Crippen LogP contribution in [0.1, 0.15) is 6.92 Å². The van der Waals surface area contributed by atoms with Gasteiger partial charge in [0.2, 0.25) is 10.0 Å². The van der Waals surface area contributed by atoms with Crippen LogP contribution in [-0.2, 0) is 10.0 Å². The predicted octanol–water partition coefficient (Wildman–Crippen LogP) is 0.577. The molecule has 0 bridgehead atoms. The van der Waals surface area contributed by atoms with Crippen LogP contribution in [0.4, 0.5) is 5.69 Å². The predicted molar refractivity (Wildman–Crippen MR) is 66.0 cm³/mol. The van der Waals surface area contributed by atoms with Crippen LogP contribution in [0.5, 0.6) is 5.75 Å². The summed E-state index contributed by atoms with van der Waals surface area (Å²) in [6, 6.07) is 3.74. The molecule has 0 radical (unpaired) electrons. The number of benzene rings is 1. The molecule has 0 fully saturated rings. The normalized spacial score (nSPS) is 12.8. The van der Waals surface area contributed by atoms with E-state index in [1.807, 2.05) is 0 Å². The molecule has 92 valence electrons. The smallest absolute Gasteiger partial charge is 0.243 e. The summed E-state index contributed by atoms with van der Waals surface area (Å²) in [4.78, 5) is -0.0135. The summed E-state index contributed by atoms with van der Waals surface area (Å²) >= 11 is 0. The average Bonchev–Trinajstić information content (AvgIpc) is 2.27. The molecular formula is C11H14N2O3S. The van der Waals surface area contributed by atoms with E-state index in [4.69, 9.17) is 16.9 Å². The number of nitrogens with one attached hydrogen (secondary N) is 1. The van der Waals surface area contributed by atoms with Crippen LogP contribution >= 0.6 is 0 Å². The molecule has 0 heterocycles. The van der Waals surface area contributed by atoms with Gasteiger partial charge < -0.3 is 10.5 Å². The molecule has 1 unspecified atom stereocenters. The van der Waals surface area contributed by atoms with Crippen LogP contribution < -0.4 is 15.2 Å². The molecule has 5 nitrogen and oxygen atoms in total. The van der Waals surface area contributed by atoms with Gasteiger partial charge in [-0.3, -0.25) is 0 Å². The molecule has 1 rings (SSSR count). The van der Waals surface area contributed by atoms with Crippen LogP contribution in [-0.4, -0.2) is 21.6 Å². The number of methoxy groups -OCH3 is 1. The number of hydrogen-bond donors (Lipinski definition) is 2. The summed E-state index contributed by atoms with van der Waals surface area (Å²) < 4.78 is 31.0. The van der Waals surface area contributed by atoms with Gasteiger partial charge in [0.05, 0.1) is 18.8 Å². The lowest BCUT2D eigenvalue weighted by Gasteiger charge is -2.11. The molecule has 0 aromatic heterocycles. The molecule has 0 aliphatic heterocycles. The van der Waals surface area contributed by atoms with Crippen LogP contribution in [0.3, 0.4) is 0 Å². The van der Waals surface area contributed by atoms with Gasteiger partial charge in [-0.2, -0.15) is 4.72 Å². The monoisotopic (exact) mass is 254 g/mol. The highest BCUT2D eigenvalue weighted by molar-refractivity contribution is 7.89. The number of anilines is 1. The first-order valence-corrected chi connectivity index (χ1v) is 6.31. The Labute approximate surface area is 101 Å². The number of hydrogen-bond acceptors (Lipinski definition) is 4. The van der Waals surface area contributed by atoms with Crippen molar-refractivity contribution in [2.75, 3.05) is 12.8 Å². The molecular weight excluding hydrogens is 240 g/mol. The van der Waals surface area contributed by atoms with Crippen molar-refractivity contribution in [2.45, 2.75) is 17.9 Å². The minimum absolute atomic E-state index is 0.0135. The zero-order valence-electron chi connectivity index (χ0n) is 9.60. The molecule has 1 aromatic carbocycles. The molecule has 3 N–H and O–H groups in total. The zero-order valence-corrected chi connectivity index (χ0v) is 10.4. The Balaban J connectivity index is 3.13. The third-order valence-electron chi connectivity index (χ3n) is 2.09. The van der Waals surface area contributed by atoms with E-state index in [-0.39, 0.29) is 10.6 Å². The highest BCUT2D eigenvalue weighted by Crippen LogP contribution is 2.23. The fourth-order valence-electron chi connectivity index (χ4n) is 1.23. The van der Waals surface area contributed by atoms with E-state index < -0.39 is 16.1 Å². The van der Waals surface area contributed by atoms with Gasteiger partial charge >= 0.3 is 0 Å². The largest absolute Gasteiger partial charge is 0.497 e. The van der Waals surface area contributed by atoms with Gasteiger partial charge in [-0.05, 0) is 19.1 Å². The third-order valence-corrected chi connectivity index (χ3v) is 3.70. The summed E-state index contributed by atoms with van der Waals surface area (Å²) in [6.07, 6.45) is 5.11. The Bertz CT molecular complexity index is 546. The van der Waals surface area contributed by atoms with E-state index in [1.54, 1.807) is 6.92 Å². The number of rotatable bonds is 4. The van der Waals surface area contributed by atoms with Gasteiger partial charge in [-0.1, -0.05) is 5.92 Å². The Morgan fingerprint density at radius 3 is 2.65 bits per heavy atom. The fourth-order valence-corrected chi connectivity index (χ4v) is 2.51. The summed E-state index contributed by atoms with van der Waals surface area (Å²) in [7, 11) is -2.23. The van der Waals surface area contributed by atoms with Crippen molar-refractivity contribution in [1.29, 1.82) is 0 Å². The Morgan fingerprint density at radius 1 is 1.53 bits per heavy atom. The van der Waals surface area contributed by atoms with Gasteiger partial charge in [0.15, 0.2) is 0 Å². The van der Waals surface area contributed by atoms with Crippen LogP contribution in [0.2, 0.25) is 0 Å². The van der Waals surface area contributed by atoms with Crippen LogP contribution in [0.25, 0.3) is 0 Å². The molecule has 0 saturated carbocycles. The Kier molecular flexibility index (Phi) is 3.99. The second-order valence-electron chi connectivity index (χ2n) is 3.41. The molecule has 0 amide bonds. The van der Waals surface area contributed by atoms with Crippen molar-refractivity contribution >= 4 is 15.7 Å². The van der Waals surface area contributed by atoms with E-state index in [9.17, 15) is 8.42 Å². The minimum Gasteiger partial charge on any atom is -0.497 e. The van der Waals surface area contributed by atoms with E-state index in [0.29, 0.717) is 5.75 Å². The molecule has 0 aliphatic carbocycles. The third kappa shape index (κ3) is 3.12. The van der Waals surface area contributed by atoms with Crippen molar-refractivity contribution in [3.8, 4) is 18.1 Å². The average molecular weight is 254 g/mol. The molecule has 6 heteroatoms. The van der Waals surface area contributed by atoms with Crippen molar-refractivity contribution in [3.63, 3.8) is 0 Å². The molecule has 1 aromatic rings. The standard InChI is InChI=1S/C11H14N2O3S/c1-4-8(2)13-17(14,15)11-6-5-9(16-3)7-10(11)12/h1,5-8,13H,12H2,2-3H3. The first-order chi connectivity index (χ1) is 7.90. The van der Waals surface area contributed by atoms with Crippen molar-refractivity contribution < 1.29 is 13.2 Å². The van der Waals surface area contributed by atoms with Gasteiger partial charge in [0, 0.05) is 6.07 Å². The van der Waals surface area contributed by atoms with Crippen molar-refractivity contribution in [1.82, 2.24) is 4.72 Å². The second-order valence-corrected chi connectivity index (χ2v) is 5.10. The number of ether oxygens (including phenoxy) is 1. The zero-order chi connectivity index (χ0) is 13.1. The molecule has 0 saturated heterocycles. The Morgan fingerprint density at radius 2 is 2.18 bits per heavy atom. The lowest BCUT2D eigenvalue weighted by molar-refractivity contribution is 0.414. The minimum atomic E-state index is -3.70. The number of nitrogen functional groups attached to an aromatic ring is 1. The summed E-state index contributed by atoms with van der Waals surface area (Å²) in [6.45, 7) is 1.57. The maximum Gasteiger partial charge on any atom is 0.243 e. The van der Waals surface area contributed by atoms with Gasteiger partial charge in [-0.25, -0.2) is 8.42 Å². The highest BCUT2D eigenvalue weighted by atomic mass is 32.2. The number of nitrogens with two attached hydrogens (primary N) is 1.